The van der Waals surface area contributed by atoms with Crippen molar-refractivity contribution in [2.75, 3.05) is 20.2 Å². The second-order valence-electron chi connectivity index (χ2n) is 7.07. The van der Waals surface area contributed by atoms with Gasteiger partial charge >= 0.3 is 5.97 Å². The maximum atomic E-state index is 13.4. The molecule has 7 heteroatoms. The number of carbonyl (C=O) groups is 2. The van der Waals surface area contributed by atoms with Crippen molar-refractivity contribution in [3.8, 4) is 0 Å². The molecule has 0 unspecified atom stereocenters. The molecule has 0 spiro atoms. The summed E-state index contributed by atoms with van der Waals surface area (Å²) >= 11 is 5.63. The fraction of sp³-hybridized carbons (Fsp3) is 0.476. The molecule has 0 radical (unpaired) electrons. The van der Waals surface area contributed by atoms with Gasteiger partial charge in [0.2, 0.25) is 0 Å². The number of allylic oxidation sites excluding steroid dienone is 1. The number of rotatable bonds is 6. The Kier molecular flexibility index (Phi) is 6.03. The van der Waals surface area contributed by atoms with Crippen LogP contribution in [0.4, 0.5) is 0 Å². The van der Waals surface area contributed by atoms with Gasteiger partial charge in [-0.2, -0.15) is 0 Å². The lowest BCUT2D eigenvalue weighted by molar-refractivity contribution is -0.127. The lowest BCUT2D eigenvalue weighted by atomic mass is 9.93. The van der Waals surface area contributed by atoms with E-state index in [2.05, 4.69) is 10.2 Å². The molecule has 1 aliphatic heterocycles. The Labute approximate surface area is 171 Å². The van der Waals surface area contributed by atoms with Crippen LogP contribution in [0.15, 0.2) is 35.5 Å². The van der Waals surface area contributed by atoms with Gasteiger partial charge in [0.05, 0.1) is 24.3 Å². The largest absolute Gasteiger partial charge is 0.465 e. The summed E-state index contributed by atoms with van der Waals surface area (Å²) in [6.07, 6.45) is 2.18. The molecule has 0 saturated heterocycles. The molecule has 6 nitrogen and oxygen atoms in total. The number of esters is 1. The van der Waals surface area contributed by atoms with Crippen LogP contribution in [-0.2, 0) is 9.53 Å². The van der Waals surface area contributed by atoms with Crippen LogP contribution in [0.25, 0.3) is 0 Å². The van der Waals surface area contributed by atoms with Crippen LogP contribution < -0.4 is 5.32 Å². The molecule has 28 heavy (non-hydrogen) atoms. The van der Waals surface area contributed by atoms with Crippen molar-refractivity contribution >= 4 is 29.2 Å². The zero-order valence-corrected chi connectivity index (χ0v) is 17.6. The Balaban J connectivity index is 2.03. The predicted molar refractivity (Wildman–Crippen MR) is 112 cm³/mol. The first-order valence-corrected chi connectivity index (χ1v) is 10.1. The van der Waals surface area contributed by atoms with Crippen molar-refractivity contribution in [3.63, 3.8) is 0 Å². The predicted octanol–water partition coefficient (Wildman–Crippen LogP) is 3.01. The highest BCUT2D eigenvalue weighted by Crippen LogP contribution is 2.38. The Hall–Kier alpha value is -2.41. The molecular weight excluding hydrogens is 374 g/mol. The van der Waals surface area contributed by atoms with Gasteiger partial charge in [0.15, 0.2) is 5.11 Å². The van der Waals surface area contributed by atoms with E-state index in [1.54, 1.807) is 12.1 Å². The molecule has 2 aliphatic rings. The van der Waals surface area contributed by atoms with Crippen LogP contribution in [0.3, 0.4) is 0 Å². The van der Waals surface area contributed by atoms with Crippen LogP contribution >= 0.6 is 12.2 Å². The van der Waals surface area contributed by atoms with Crippen LogP contribution in [0.2, 0.25) is 0 Å². The van der Waals surface area contributed by atoms with E-state index >= 15 is 0 Å². The number of ether oxygens (including phenoxy) is 1. The van der Waals surface area contributed by atoms with Gasteiger partial charge in [0.25, 0.3) is 5.91 Å². The molecule has 1 N–H and O–H groups in total. The first-order chi connectivity index (χ1) is 13.4. The van der Waals surface area contributed by atoms with Crippen molar-refractivity contribution < 1.29 is 14.3 Å². The Morgan fingerprint density at radius 1 is 1.21 bits per heavy atom. The Morgan fingerprint density at radius 3 is 2.32 bits per heavy atom. The first-order valence-electron chi connectivity index (χ1n) is 9.70. The summed E-state index contributed by atoms with van der Waals surface area (Å²) in [6.45, 7) is 7.24. The van der Waals surface area contributed by atoms with Gasteiger partial charge in [-0.25, -0.2) is 4.79 Å². The zero-order valence-electron chi connectivity index (χ0n) is 16.8. The highest BCUT2D eigenvalue weighted by Gasteiger charge is 2.41. The van der Waals surface area contributed by atoms with Gasteiger partial charge in [-0.15, -0.1) is 0 Å². The summed E-state index contributed by atoms with van der Waals surface area (Å²) in [5.41, 5.74) is 3.00. The van der Waals surface area contributed by atoms with Gasteiger partial charge in [0, 0.05) is 24.8 Å². The molecular formula is C21H27N3O3S. The van der Waals surface area contributed by atoms with Gasteiger partial charge in [-0.1, -0.05) is 12.1 Å². The molecule has 1 aromatic rings. The average molecular weight is 402 g/mol. The van der Waals surface area contributed by atoms with E-state index in [-0.39, 0.29) is 17.9 Å². The van der Waals surface area contributed by atoms with Gasteiger partial charge in [-0.05, 0) is 63.5 Å². The number of likely N-dealkylation sites (N-methyl/N-ethyl adjacent to an activating group) is 1. The van der Waals surface area contributed by atoms with Crippen molar-refractivity contribution in [2.24, 2.45) is 0 Å². The molecule has 3 rings (SSSR count). The summed E-state index contributed by atoms with van der Waals surface area (Å²) in [5, 5.41) is 4.02. The lowest BCUT2D eigenvalue weighted by Gasteiger charge is -2.39. The van der Waals surface area contributed by atoms with E-state index < -0.39 is 0 Å². The molecule has 1 aliphatic carbocycles. The number of methoxy groups -OCH3 is 1. The van der Waals surface area contributed by atoms with E-state index in [4.69, 9.17) is 17.0 Å². The molecule has 150 valence electrons. The number of amides is 1. The monoisotopic (exact) mass is 401 g/mol. The average Bonchev–Trinajstić information content (AvgIpc) is 3.53. The quantitative estimate of drug-likeness (QED) is 0.584. The molecule has 1 amide bonds. The number of carbonyl (C=O) groups excluding carboxylic acids is 2. The second-order valence-corrected chi connectivity index (χ2v) is 7.46. The van der Waals surface area contributed by atoms with E-state index in [1.807, 2.05) is 37.8 Å². The van der Waals surface area contributed by atoms with Crippen molar-refractivity contribution in [1.29, 1.82) is 0 Å². The lowest BCUT2D eigenvalue weighted by Crippen LogP contribution is -2.50. The molecule has 1 heterocycles. The van der Waals surface area contributed by atoms with Crippen LogP contribution in [-0.4, -0.2) is 53.0 Å². The number of thiocarbonyl (C=S) groups is 1. The Bertz CT molecular complexity index is 811. The maximum Gasteiger partial charge on any atom is 0.337 e. The molecule has 0 aromatic heterocycles. The smallest absolute Gasteiger partial charge is 0.337 e. The van der Waals surface area contributed by atoms with Crippen LogP contribution in [0.5, 0.6) is 0 Å². The number of hydrogen-bond acceptors (Lipinski definition) is 4. The van der Waals surface area contributed by atoms with E-state index in [0.29, 0.717) is 29.8 Å². The van der Waals surface area contributed by atoms with E-state index in [0.717, 1.165) is 29.7 Å². The fourth-order valence-corrected chi connectivity index (χ4v) is 4.07. The summed E-state index contributed by atoms with van der Waals surface area (Å²) in [7, 11) is 1.36. The highest BCUT2D eigenvalue weighted by molar-refractivity contribution is 7.80. The summed E-state index contributed by atoms with van der Waals surface area (Å²) in [4.78, 5) is 29.0. The minimum absolute atomic E-state index is 0.0187. The first kappa shape index (κ1) is 20.3. The topological polar surface area (TPSA) is 61.9 Å². The number of hydrogen-bond donors (Lipinski definition) is 1. The van der Waals surface area contributed by atoms with E-state index in [9.17, 15) is 9.59 Å². The summed E-state index contributed by atoms with van der Waals surface area (Å²) < 4.78 is 4.77. The minimum atomic E-state index is -0.384. The summed E-state index contributed by atoms with van der Waals surface area (Å²) in [6, 6.07) is 7.16. The number of benzene rings is 1. The number of nitrogens with zero attached hydrogens (tertiary/aromatic N) is 2. The maximum absolute atomic E-state index is 13.4. The highest BCUT2D eigenvalue weighted by atomic mass is 32.1. The summed E-state index contributed by atoms with van der Waals surface area (Å²) in [5.74, 6) is -0.366. The van der Waals surface area contributed by atoms with Crippen molar-refractivity contribution in [2.45, 2.75) is 45.7 Å². The van der Waals surface area contributed by atoms with E-state index in [1.165, 1.54) is 7.11 Å². The van der Waals surface area contributed by atoms with Crippen LogP contribution in [0, 0.1) is 0 Å². The normalized spacial score (nSPS) is 19.4. The van der Waals surface area contributed by atoms with Crippen molar-refractivity contribution in [3.05, 3.63) is 46.7 Å². The third-order valence-corrected chi connectivity index (χ3v) is 5.70. The van der Waals surface area contributed by atoms with Gasteiger partial charge in [-0.3, -0.25) is 4.79 Å². The zero-order chi connectivity index (χ0) is 20.4. The number of nitrogens with one attached hydrogen (secondary N) is 1. The van der Waals surface area contributed by atoms with Crippen molar-refractivity contribution in [1.82, 2.24) is 15.1 Å². The molecule has 1 atom stereocenters. The third kappa shape index (κ3) is 3.76. The standard InChI is InChI=1S/C21H27N3O3S/c1-5-23(6-2)19(25)17-13(3)24(16-11-12-16)21(28)22-18(17)14-7-9-15(10-8-14)20(26)27-4/h7-10,16,18H,5-6,11-12H2,1-4H3,(H,22,28)/t18-/m0/s1. The van der Waals surface area contributed by atoms with Crippen LogP contribution in [0.1, 0.15) is 55.6 Å². The minimum Gasteiger partial charge on any atom is -0.465 e. The molecule has 1 fully saturated rings. The SMILES string of the molecule is CCN(CC)C(=O)C1=C(C)N(C2CC2)C(=S)N[C@H]1c1ccc(C(=O)OC)cc1. The van der Waals surface area contributed by atoms with Gasteiger partial charge < -0.3 is 19.9 Å². The second kappa shape index (κ2) is 8.31. The molecule has 1 saturated carbocycles. The Morgan fingerprint density at radius 2 is 1.82 bits per heavy atom. The third-order valence-electron chi connectivity index (χ3n) is 5.38. The fourth-order valence-electron chi connectivity index (χ4n) is 3.67. The molecule has 1 aromatic carbocycles. The van der Waals surface area contributed by atoms with Gasteiger partial charge in [0.1, 0.15) is 0 Å². The molecule has 0 bridgehead atoms.